The lowest BCUT2D eigenvalue weighted by atomic mass is 9.72. The first-order valence-electron chi connectivity index (χ1n) is 15.0. The minimum absolute atomic E-state index is 0.274. The van der Waals surface area contributed by atoms with Crippen LogP contribution in [0.25, 0.3) is 0 Å². The molecule has 5 rings (SSSR count). The number of amides is 1. The summed E-state index contributed by atoms with van der Waals surface area (Å²) in [7, 11) is 0. The maximum atomic E-state index is 11.7. The highest BCUT2D eigenvalue weighted by Gasteiger charge is 2.39. The van der Waals surface area contributed by atoms with E-state index in [9.17, 15) is 15.3 Å². The van der Waals surface area contributed by atoms with E-state index in [2.05, 4.69) is 78.6 Å². The molecule has 0 aromatic heterocycles. The lowest BCUT2D eigenvalue weighted by Crippen LogP contribution is -2.45. The van der Waals surface area contributed by atoms with Gasteiger partial charge in [-0.05, 0) is 74.3 Å². The Morgan fingerprint density at radius 2 is 1.19 bits per heavy atom. The van der Waals surface area contributed by atoms with Crippen molar-refractivity contribution in [1.29, 1.82) is 10.5 Å². The topological polar surface area (TPSA) is 80.4 Å². The molecule has 0 spiro atoms. The van der Waals surface area contributed by atoms with Crippen molar-refractivity contribution in [2.24, 2.45) is 0 Å². The van der Waals surface area contributed by atoms with Crippen molar-refractivity contribution in [3.8, 4) is 12.1 Å². The predicted molar refractivity (Wildman–Crippen MR) is 166 cm³/mol. The smallest absolute Gasteiger partial charge is 0.409 e. The van der Waals surface area contributed by atoms with Gasteiger partial charge >= 0.3 is 6.09 Å². The molecule has 218 valence electrons. The van der Waals surface area contributed by atoms with Crippen LogP contribution in [0.3, 0.4) is 0 Å². The zero-order valence-corrected chi connectivity index (χ0v) is 25.2. The van der Waals surface area contributed by atoms with Crippen molar-refractivity contribution in [3.63, 3.8) is 0 Å². The molecule has 6 heteroatoms. The number of hydrogen-bond acceptors (Lipinski definition) is 5. The van der Waals surface area contributed by atoms with Crippen molar-refractivity contribution < 1.29 is 9.53 Å². The van der Waals surface area contributed by atoms with E-state index in [-0.39, 0.29) is 11.5 Å². The van der Waals surface area contributed by atoms with Crippen LogP contribution in [0.5, 0.6) is 0 Å². The summed E-state index contributed by atoms with van der Waals surface area (Å²) in [5.41, 5.74) is 5.25. The van der Waals surface area contributed by atoms with Crippen LogP contribution in [0.2, 0.25) is 0 Å². The first-order valence-corrected chi connectivity index (χ1v) is 15.0. The maximum Gasteiger partial charge on any atom is 0.409 e. The Balaban J connectivity index is 0.000000194. The number of piperidine rings is 2. The Morgan fingerprint density at radius 3 is 1.64 bits per heavy atom. The van der Waals surface area contributed by atoms with Gasteiger partial charge in [0.1, 0.15) is 0 Å². The summed E-state index contributed by atoms with van der Waals surface area (Å²) in [4.78, 5) is 15.9. The van der Waals surface area contributed by atoms with Gasteiger partial charge in [0.05, 0.1) is 29.6 Å². The molecular formula is C36H42N4O2. The van der Waals surface area contributed by atoms with Gasteiger partial charge < -0.3 is 9.64 Å². The van der Waals surface area contributed by atoms with E-state index in [4.69, 9.17) is 4.74 Å². The molecule has 0 saturated carbocycles. The third-order valence-corrected chi connectivity index (χ3v) is 8.85. The van der Waals surface area contributed by atoms with Gasteiger partial charge in [-0.2, -0.15) is 10.5 Å². The molecule has 0 bridgehead atoms. The fourth-order valence-electron chi connectivity index (χ4n) is 6.32. The molecule has 2 fully saturated rings. The molecular weight excluding hydrogens is 520 g/mol. The average molecular weight is 563 g/mol. The number of carbonyl (C=O) groups excluding carboxylic acids is 1. The van der Waals surface area contributed by atoms with Crippen molar-refractivity contribution >= 4 is 6.09 Å². The number of benzene rings is 3. The van der Waals surface area contributed by atoms with E-state index in [1.807, 2.05) is 31.2 Å². The molecule has 6 nitrogen and oxygen atoms in total. The molecule has 2 aliphatic rings. The highest BCUT2D eigenvalue weighted by molar-refractivity contribution is 5.67. The minimum Gasteiger partial charge on any atom is -0.450 e. The number of hydrogen-bond donors (Lipinski definition) is 0. The summed E-state index contributed by atoms with van der Waals surface area (Å²) in [5, 5.41) is 19.5. The van der Waals surface area contributed by atoms with Crippen molar-refractivity contribution in [1.82, 2.24) is 9.80 Å². The second-order valence-corrected chi connectivity index (χ2v) is 11.5. The minimum atomic E-state index is -0.478. The summed E-state index contributed by atoms with van der Waals surface area (Å²) in [6.07, 6.45) is 2.88. The number of ether oxygens (including phenoxy) is 1. The molecule has 0 unspecified atom stereocenters. The third kappa shape index (κ3) is 7.01. The van der Waals surface area contributed by atoms with Crippen LogP contribution in [-0.2, 0) is 22.1 Å². The average Bonchev–Trinajstić information content (AvgIpc) is 3.03. The van der Waals surface area contributed by atoms with Crippen molar-refractivity contribution in [2.45, 2.75) is 63.8 Å². The van der Waals surface area contributed by atoms with Gasteiger partial charge in [0.2, 0.25) is 0 Å². The molecule has 3 aromatic carbocycles. The molecule has 2 heterocycles. The number of nitrogens with zero attached hydrogens (tertiary/aromatic N) is 4. The van der Waals surface area contributed by atoms with Gasteiger partial charge in [-0.15, -0.1) is 0 Å². The van der Waals surface area contributed by atoms with Crippen LogP contribution in [0.1, 0.15) is 60.4 Å². The molecule has 2 saturated heterocycles. The summed E-state index contributed by atoms with van der Waals surface area (Å²) < 4.78 is 5.02. The largest absolute Gasteiger partial charge is 0.450 e. The Labute approximate surface area is 251 Å². The fourth-order valence-corrected chi connectivity index (χ4v) is 6.32. The second-order valence-electron chi connectivity index (χ2n) is 11.5. The summed E-state index contributed by atoms with van der Waals surface area (Å²) in [6, 6.07) is 32.1. The first-order chi connectivity index (χ1) is 20.4. The van der Waals surface area contributed by atoms with Gasteiger partial charge in [0.15, 0.2) is 0 Å². The van der Waals surface area contributed by atoms with Gasteiger partial charge in [-0.25, -0.2) is 4.79 Å². The van der Waals surface area contributed by atoms with Gasteiger partial charge in [0, 0.05) is 32.7 Å². The standard InChI is InChI=1S/C20H22N2.C16H20N2O2/c1-17-7-5-6-10-19(17)20(16-21)11-13-22(14-12-20)15-18-8-3-2-4-9-18;1-3-20-15(19)18-10-8-16(12-17,9-11-18)14-7-5-4-6-13(14)2/h2-10H,11-15H2,1H3;4-7H,3,8-11H2,1-2H3. The third-order valence-electron chi connectivity index (χ3n) is 8.85. The Morgan fingerprint density at radius 1 is 0.738 bits per heavy atom. The number of nitriles is 2. The Bertz CT molecular complexity index is 1410. The fraction of sp³-hybridized carbons (Fsp3) is 0.417. The molecule has 42 heavy (non-hydrogen) atoms. The van der Waals surface area contributed by atoms with E-state index < -0.39 is 5.41 Å². The molecule has 2 aliphatic heterocycles. The number of rotatable bonds is 5. The predicted octanol–water partition coefficient (Wildman–Crippen LogP) is 7.06. The quantitative estimate of drug-likeness (QED) is 0.333. The Kier molecular flexibility index (Phi) is 10.4. The van der Waals surface area contributed by atoms with Gasteiger partial charge in [-0.3, -0.25) is 4.90 Å². The summed E-state index contributed by atoms with van der Waals surface area (Å²) in [5.74, 6) is 0. The van der Waals surface area contributed by atoms with Crippen LogP contribution in [0.4, 0.5) is 4.79 Å². The highest BCUT2D eigenvalue weighted by atomic mass is 16.6. The molecule has 0 radical (unpaired) electrons. The lowest BCUT2D eigenvalue weighted by molar-refractivity contribution is 0.0921. The SMILES string of the molecule is CCOC(=O)N1CCC(C#N)(c2ccccc2C)CC1.Cc1ccccc1C1(C#N)CCN(Cc2ccccc2)CC1. The van der Waals surface area contributed by atoms with Crippen molar-refractivity contribution in [3.05, 3.63) is 107 Å². The Hall–Kier alpha value is -4.13. The van der Waals surface area contributed by atoms with E-state index in [0.29, 0.717) is 32.5 Å². The summed E-state index contributed by atoms with van der Waals surface area (Å²) >= 11 is 0. The first kappa shape index (κ1) is 30.8. The summed E-state index contributed by atoms with van der Waals surface area (Å²) in [6.45, 7) is 10.4. The van der Waals surface area contributed by atoms with E-state index in [0.717, 1.165) is 43.6 Å². The van der Waals surface area contributed by atoms with Crippen LogP contribution < -0.4 is 0 Å². The lowest BCUT2D eigenvalue weighted by Gasteiger charge is -2.38. The molecule has 0 atom stereocenters. The molecule has 1 amide bonds. The van der Waals surface area contributed by atoms with Crippen LogP contribution in [0.15, 0.2) is 78.9 Å². The molecule has 3 aromatic rings. The van der Waals surface area contributed by atoms with E-state index in [1.165, 1.54) is 16.7 Å². The van der Waals surface area contributed by atoms with Gasteiger partial charge in [0.25, 0.3) is 0 Å². The van der Waals surface area contributed by atoms with Crippen LogP contribution in [0, 0.1) is 36.5 Å². The number of carbonyl (C=O) groups is 1. The second kappa shape index (κ2) is 14.2. The zero-order chi connectivity index (χ0) is 30.0. The monoisotopic (exact) mass is 562 g/mol. The zero-order valence-electron chi connectivity index (χ0n) is 25.2. The van der Waals surface area contributed by atoms with E-state index in [1.54, 1.807) is 11.8 Å². The number of aryl methyl sites for hydroxylation is 2. The highest BCUT2D eigenvalue weighted by Crippen LogP contribution is 2.38. The maximum absolute atomic E-state index is 11.7. The molecule has 0 aliphatic carbocycles. The van der Waals surface area contributed by atoms with E-state index >= 15 is 0 Å². The van der Waals surface area contributed by atoms with Crippen LogP contribution in [-0.4, -0.2) is 48.7 Å². The normalized spacial score (nSPS) is 17.6. The van der Waals surface area contributed by atoms with Gasteiger partial charge in [-0.1, -0.05) is 78.9 Å². The number of likely N-dealkylation sites (tertiary alicyclic amines) is 2. The van der Waals surface area contributed by atoms with Crippen molar-refractivity contribution in [2.75, 3.05) is 32.8 Å². The van der Waals surface area contributed by atoms with Crippen LogP contribution >= 0.6 is 0 Å². The molecule has 0 N–H and O–H groups in total.